The molecule has 0 bridgehead atoms. The molecule has 164 valence electrons. The van der Waals surface area contributed by atoms with E-state index >= 15 is 0 Å². The van der Waals surface area contributed by atoms with Gasteiger partial charge in [-0.1, -0.05) is 45.4 Å². The molecule has 0 spiro atoms. The summed E-state index contributed by atoms with van der Waals surface area (Å²) in [4.78, 5) is 24.2. The smallest absolute Gasteiger partial charge is 0.336 e. The Bertz CT molecular complexity index is 929. The first-order valence-electron chi connectivity index (χ1n) is 11.0. The van der Waals surface area contributed by atoms with Crippen LogP contribution in [0, 0.1) is 0 Å². The van der Waals surface area contributed by atoms with Crippen molar-refractivity contribution < 1.29 is 23.8 Å². The minimum absolute atomic E-state index is 0.260. The molecule has 3 rings (SSSR count). The Balaban J connectivity index is 1.68. The lowest BCUT2D eigenvalue weighted by molar-refractivity contribution is -0.177. The van der Waals surface area contributed by atoms with E-state index in [4.69, 9.17) is 13.9 Å². The van der Waals surface area contributed by atoms with Crippen molar-refractivity contribution in [1.29, 1.82) is 0 Å². The number of carbonyl (C=O) groups is 1. The molecule has 0 aliphatic carbocycles. The second-order valence-corrected chi connectivity index (χ2v) is 8.58. The molecule has 0 saturated carbocycles. The van der Waals surface area contributed by atoms with Crippen LogP contribution in [0.4, 0.5) is 0 Å². The molecule has 2 heterocycles. The highest BCUT2D eigenvalue weighted by atomic mass is 16.6. The van der Waals surface area contributed by atoms with E-state index < -0.39 is 23.4 Å². The van der Waals surface area contributed by atoms with E-state index in [-0.39, 0.29) is 11.6 Å². The first-order valence-corrected chi connectivity index (χ1v) is 11.0. The van der Waals surface area contributed by atoms with Crippen LogP contribution < -0.4 is 10.4 Å². The lowest BCUT2D eigenvalue weighted by Crippen LogP contribution is -2.51. The summed E-state index contributed by atoms with van der Waals surface area (Å²) in [5, 5.41) is 11.7. The maximum absolute atomic E-state index is 12.4. The van der Waals surface area contributed by atoms with Crippen molar-refractivity contribution in [2.75, 3.05) is 0 Å². The SMILES string of the molecule is CCCCCCCCCC(=O)O[C@@H]1[C@H](O)c2c(ccc3ccc(=O)oc23)OC1(C)C. The van der Waals surface area contributed by atoms with Crippen LogP contribution in [0.15, 0.2) is 33.5 Å². The van der Waals surface area contributed by atoms with E-state index in [2.05, 4.69) is 6.92 Å². The highest BCUT2D eigenvalue weighted by Crippen LogP contribution is 2.44. The molecule has 2 aromatic rings. The predicted molar refractivity (Wildman–Crippen MR) is 115 cm³/mol. The molecule has 1 aliphatic rings. The van der Waals surface area contributed by atoms with Gasteiger partial charge in [-0.15, -0.1) is 0 Å². The Labute approximate surface area is 177 Å². The monoisotopic (exact) mass is 416 g/mol. The third-order valence-electron chi connectivity index (χ3n) is 5.67. The fourth-order valence-electron chi connectivity index (χ4n) is 4.01. The zero-order valence-electron chi connectivity index (χ0n) is 18.1. The van der Waals surface area contributed by atoms with Gasteiger partial charge in [-0.3, -0.25) is 4.79 Å². The highest BCUT2D eigenvalue weighted by Gasteiger charge is 2.47. The summed E-state index contributed by atoms with van der Waals surface area (Å²) >= 11 is 0. The Kier molecular flexibility index (Phi) is 7.19. The third-order valence-corrected chi connectivity index (χ3v) is 5.67. The zero-order valence-corrected chi connectivity index (χ0v) is 18.1. The number of aliphatic hydroxyl groups is 1. The summed E-state index contributed by atoms with van der Waals surface area (Å²) < 4.78 is 17.0. The topological polar surface area (TPSA) is 86.0 Å². The molecule has 30 heavy (non-hydrogen) atoms. The average molecular weight is 417 g/mol. The molecule has 1 aromatic carbocycles. The summed E-state index contributed by atoms with van der Waals surface area (Å²) in [6.07, 6.45) is 6.03. The van der Waals surface area contributed by atoms with Crippen LogP contribution in [-0.4, -0.2) is 22.8 Å². The molecule has 0 unspecified atom stereocenters. The first kappa shape index (κ1) is 22.3. The van der Waals surface area contributed by atoms with Crippen LogP contribution >= 0.6 is 0 Å². The Morgan fingerprint density at radius 2 is 1.73 bits per heavy atom. The van der Waals surface area contributed by atoms with Crippen molar-refractivity contribution in [3.05, 3.63) is 40.2 Å². The normalized spacial score (nSPS) is 19.9. The second-order valence-electron chi connectivity index (χ2n) is 8.58. The Morgan fingerprint density at radius 3 is 2.47 bits per heavy atom. The maximum Gasteiger partial charge on any atom is 0.336 e. The van der Waals surface area contributed by atoms with E-state index in [1.807, 2.05) is 0 Å². The number of ether oxygens (including phenoxy) is 2. The third kappa shape index (κ3) is 5.04. The Morgan fingerprint density at radius 1 is 1.07 bits per heavy atom. The number of fused-ring (bicyclic) bond motifs is 3. The molecular formula is C24H32O6. The summed E-state index contributed by atoms with van der Waals surface area (Å²) in [5.41, 5.74) is -0.833. The molecule has 0 saturated heterocycles. The van der Waals surface area contributed by atoms with Crippen LogP contribution in [-0.2, 0) is 9.53 Å². The number of unbranched alkanes of at least 4 members (excludes halogenated alkanes) is 6. The van der Waals surface area contributed by atoms with E-state index in [0.717, 1.165) is 19.3 Å². The van der Waals surface area contributed by atoms with E-state index in [9.17, 15) is 14.7 Å². The largest absolute Gasteiger partial charge is 0.483 e. The van der Waals surface area contributed by atoms with Gasteiger partial charge in [0.25, 0.3) is 0 Å². The second kappa shape index (κ2) is 9.65. The van der Waals surface area contributed by atoms with Crippen molar-refractivity contribution in [3.8, 4) is 5.75 Å². The molecule has 1 aromatic heterocycles. The van der Waals surface area contributed by atoms with Gasteiger partial charge >= 0.3 is 11.6 Å². The van der Waals surface area contributed by atoms with Gasteiger partial charge in [0, 0.05) is 17.9 Å². The minimum Gasteiger partial charge on any atom is -0.483 e. The van der Waals surface area contributed by atoms with Gasteiger partial charge in [0.1, 0.15) is 23.0 Å². The van der Waals surface area contributed by atoms with Gasteiger partial charge in [-0.25, -0.2) is 4.79 Å². The molecule has 1 aliphatic heterocycles. The van der Waals surface area contributed by atoms with E-state index in [1.54, 1.807) is 32.0 Å². The van der Waals surface area contributed by atoms with E-state index in [1.165, 1.54) is 31.7 Å². The lowest BCUT2D eigenvalue weighted by Gasteiger charge is -2.42. The molecule has 2 atom stereocenters. The van der Waals surface area contributed by atoms with Crippen LogP contribution in [0.2, 0.25) is 0 Å². The van der Waals surface area contributed by atoms with Crippen molar-refractivity contribution in [1.82, 2.24) is 0 Å². The van der Waals surface area contributed by atoms with Crippen LogP contribution in [0.1, 0.15) is 83.8 Å². The van der Waals surface area contributed by atoms with Crippen molar-refractivity contribution >= 4 is 16.9 Å². The van der Waals surface area contributed by atoms with E-state index in [0.29, 0.717) is 23.1 Å². The summed E-state index contributed by atoms with van der Waals surface area (Å²) in [7, 11) is 0. The van der Waals surface area contributed by atoms with Crippen LogP contribution in [0.5, 0.6) is 5.75 Å². The standard InChI is InChI=1S/C24H32O6/c1-4-5-6-7-8-9-10-11-18(25)29-23-21(27)20-17(30-24(23,2)3)14-12-16-13-15-19(26)28-22(16)20/h12-15,21,23,27H,4-11H2,1-3H3/t21-,23-/m1/s1. The van der Waals surface area contributed by atoms with Gasteiger partial charge in [-0.05, 0) is 38.5 Å². The highest BCUT2D eigenvalue weighted by molar-refractivity contribution is 5.83. The predicted octanol–water partition coefficient (Wildman–Crippen LogP) is 5.05. The average Bonchev–Trinajstić information content (AvgIpc) is 2.69. The summed E-state index contributed by atoms with van der Waals surface area (Å²) in [6.45, 7) is 5.74. The molecule has 0 radical (unpaired) electrons. The fourth-order valence-corrected chi connectivity index (χ4v) is 4.01. The number of benzene rings is 1. The fraction of sp³-hybridized carbons (Fsp3) is 0.583. The number of aliphatic hydroxyl groups excluding tert-OH is 1. The number of hydrogen-bond donors (Lipinski definition) is 1. The zero-order chi connectivity index (χ0) is 21.7. The summed E-state index contributed by atoms with van der Waals surface area (Å²) in [5.74, 6) is 0.0724. The van der Waals surface area contributed by atoms with Crippen molar-refractivity contribution in [2.45, 2.75) is 89.9 Å². The van der Waals surface area contributed by atoms with Gasteiger partial charge in [0.15, 0.2) is 6.10 Å². The molecular weight excluding hydrogens is 384 g/mol. The van der Waals surface area contributed by atoms with Gasteiger partial charge in [-0.2, -0.15) is 0 Å². The van der Waals surface area contributed by atoms with Crippen LogP contribution in [0.3, 0.4) is 0 Å². The molecule has 6 heteroatoms. The number of hydrogen-bond acceptors (Lipinski definition) is 6. The van der Waals surface area contributed by atoms with Gasteiger partial charge in [0.2, 0.25) is 0 Å². The number of rotatable bonds is 9. The Hall–Kier alpha value is -2.34. The minimum atomic E-state index is -1.16. The lowest BCUT2D eigenvalue weighted by atomic mass is 9.87. The maximum atomic E-state index is 12.4. The van der Waals surface area contributed by atoms with Crippen molar-refractivity contribution in [2.24, 2.45) is 0 Å². The molecule has 1 N–H and O–H groups in total. The van der Waals surface area contributed by atoms with Crippen molar-refractivity contribution in [3.63, 3.8) is 0 Å². The summed E-state index contributed by atoms with van der Waals surface area (Å²) in [6, 6.07) is 6.47. The number of esters is 1. The first-order chi connectivity index (χ1) is 14.3. The van der Waals surface area contributed by atoms with Crippen LogP contribution in [0.25, 0.3) is 11.0 Å². The molecule has 0 fully saturated rings. The molecule has 6 nitrogen and oxygen atoms in total. The molecule has 0 amide bonds. The van der Waals surface area contributed by atoms with Gasteiger partial charge < -0.3 is 19.0 Å². The van der Waals surface area contributed by atoms with Gasteiger partial charge in [0.05, 0.1) is 5.56 Å². The number of carbonyl (C=O) groups excluding carboxylic acids is 1. The quantitative estimate of drug-likeness (QED) is 0.350.